The fourth-order valence-corrected chi connectivity index (χ4v) is 3.26. The van der Waals surface area contributed by atoms with Crippen LogP contribution >= 0.6 is 0 Å². The van der Waals surface area contributed by atoms with E-state index >= 15 is 0 Å². The first-order chi connectivity index (χ1) is 12.2. The summed E-state index contributed by atoms with van der Waals surface area (Å²) >= 11 is 0. The summed E-state index contributed by atoms with van der Waals surface area (Å²) in [4.78, 5) is 14.1. The summed E-state index contributed by atoms with van der Waals surface area (Å²) in [5, 5.41) is 3.49. The maximum absolute atomic E-state index is 4.66. The molecule has 3 rings (SSSR count). The highest BCUT2D eigenvalue weighted by Gasteiger charge is 2.19. The average Bonchev–Trinajstić information content (AvgIpc) is 2.67. The molecule has 2 aromatic rings. The van der Waals surface area contributed by atoms with Crippen LogP contribution in [0.3, 0.4) is 0 Å². The minimum absolute atomic E-state index is 0.506. The van der Waals surface area contributed by atoms with Crippen molar-refractivity contribution in [2.24, 2.45) is 0 Å². The second-order valence-electron chi connectivity index (χ2n) is 6.72. The standard InChI is InChI=1S/C20H29N5/c1-3-24-11-13-25(14-12-24)17(2)16-22-19-9-10-21-20(23-19)15-18-7-5-4-6-8-18/h4-10,17H,3,11-16H2,1-2H3,(H,21,22,23). The highest BCUT2D eigenvalue weighted by Crippen LogP contribution is 2.10. The van der Waals surface area contributed by atoms with Crippen LogP contribution in [0.4, 0.5) is 5.82 Å². The molecule has 0 saturated carbocycles. The van der Waals surface area contributed by atoms with Gasteiger partial charge in [0.25, 0.3) is 0 Å². The van der Waals surface area contributed by atoms with Crippen molar-refractivity contribution in [1.29, 1.82) is 0 Å². The van der Waals surface area contributed by atoms with Gasteiger partial charge in [0, 0.05) is 51.4 Å². The first-order valence-corrected chi connectivity index (χ1v) is 9.30. The Morgan fingerprint density at radius 2 is 1.84 bits per heavy atom. The lowest BCUT2D eigenvalue weighted by Gasteiger charge is -2.37. The zero-order valence-electron chi connectivity index (χ0n) is 15.4. The number of nitrogens with one attached hydrogen (secondary N) is 1. The number of aromatic nitrogens is 2. The lowest BCUT2D eigenvalue weighted by Crippen LogP contribution is -2.51. The molecule has 1 aliphatic heterocycles. The van der Waals surface area contributed by atoms with Crippen LogP contribution in [0.2, 0.25) is 0 Å². The predicted octanol–water partition coefficient (Wildman–Crippen LogP) is 2.51. The Hall–Kier alpha value is -1.98. The molecule has 5 nitrogen and oxygen atoms in total. The average molecular weight is 339 g/mol. The minimum atomic E-state index is 0.506. The van der Waals surface area contributed by atoms with Crippen molar-refractivity contribution < 1.29 is 0 Å². The van der Waals surface area contributed by atoms with Crippen LogP contribution in [-0.2, 0) is 6.42 Å². The Morgan fingerprint density at radius 3 is 2.56 bits per heavy atom. The molecule has 0 spiro atoms. The molecule has 1 saturated heterocycles. The number of anilines is 1. The SMILES string of the molecule is CCN1CCN(C(C)CNc2ccnc(Cc3ccccc3)n2)CC1. The van der Waals surface area contributed by atoms with Crippen LogP contribution in [0.25, 0.3) is 0 Å². The van der Waals surface area contributed by atoms with Crippen LogP contribution in [0.1, 0.15) is 25.2 Å². The van der Waals surface area contributed by atoms with E-state index in [1.165, 1.54) is 18.7 Å². The van der Waals surface area contributed by atoms with Gasteiger partial charge in [-0.05, 0) is 25.1 Å². The molecule has 0 aliphatic carbocycles. The molecule has 134 valence electrons. The summed E-state index contributed by atoms with van der Waals surface area (Å²) in [6.45, 7) is 11.3. The lowest BCUT2D eigenvalue weighted by atomic mass is 10.1. The Labute approximate surface area is 151 Å². The molecule has 1 fully saturated rings. The Morgan fingerprint density at radius 1 is 1.08 bits per heavy atom. The molecule has 0 radical (unpaired) electrons. The second kappa shape index (κ2) is 8.92. The molecule has 1 aromatic carbocycles. The van der Waals surface area contributed by atoms with Gasteiger partial charge in [0.2, 0.25) is 0 Å². The molecule has 1 unspecified atom stereocenters. The topological polar surface area (TPSA) is 44.3 Å². The van der Waals surface area contributed by atoms with Gasteiger partial charge in [0.1, 0.15) is 11.6 Å². The van der Waals surface area contributed by atoms with Gasteiger partial charge >= 0.3 is 0 Å². The summed E-state index contributed by atoms with van der Waals surface area (Å²) in [5.41, 5.74) is 1.24. The summed E-state index contributed by atoms with van der Waals surface area (Å²) < 4.78 is 0. The van der Waals surface area contributed by atoms with Crippen molar-refractivity contribution in [3.63, 3.8) is 0 Å². The molecule has 1 N–H and O–H groups in total. The van der Waals surface area contributed by atoms with E-state index in [1.54, 1.807) is 0 Å². The highest BCUT2D eigenvalue weighted by molar-refractivity contribution is 5.34. The van der Waals surface area contributed by atoms with Gasteiger partial charge in [0.15, 0.2) is 0 Å². The fourth-order valence-electron chi connectivity index (χ4n) is 3.26. The van der Waals surface area contributed by atoms with E-state index in [0.29, 0.717) is 6.04 Å². The molecule has 0 amide bonds. The van der Waals surface area contributed by atoms with Gasteiger partial charge in [-0.2, -0.15) is 0 Å². The third kappa shape index (κ3) is 5.25. The molecule has 1 aromatic heterocycles. The van der Waals surface area contributed by atoms with Crippen molar-refractivity contribution in [3.8, 4) is 0 Å². The Bertz CT molecular complexity index is 638. The van der Waals surface area contributed by atoms with Crippen LogP contribution in [0.15, 0.2) is 42.6 Å². The van der Waals surface area contributed by atoms with Crippen molar-refractivity contribution in [3.05, 3.63) is 54.0 Å². The van der Waals surface area contributed by atoms with Crippen LogP contribution in [0.5, 0.6) is 0 Å². The maximum Gasteiger partial charge on any atom is 0.135 e. The predicted molar refractivity (Wildman–Crippen MR) is 103 cm³/mol. The monoisotopic (exact) mass is 339 g/mol. The highest BCUT2D eigenvalue weighted by atomic mass is 15.3. The summed E-state index contributed by atoms with van der Waals surface area (Å²) in [6.07, 6.45) is 2.61. The first-order valence-electron chi connectivity index (χ1n) is 9.30. The molecule has 1 aliphatic rings. The third-order valence-electron chi connectivity index (χ3n) is 4.97. The van der Waals surface area contributed by atoms with Crippen molar-refractivity contribution in [2.45, 2.75) is 26.3 Å². The maximum atomic E-state index is 4.66. The number of nitrogens with zero attached hydrogens (tertiary/aromatic N) is 4. The number of rotatable bonds is 7. The zero-order chi connectivity index (χ0) is 17.5. The van der Waals surface area contributed by atoms with Crippen LogP contribution in [-0.4, -0.2) is 65.1 Å². The van der Waals surface area contributed by atoms with E-state index in [2.05, 4.69) is 63.2 Å². The summed E-state index contributed by atoms with van der Waals surface area (Å²) in [7, 11) is 0. The van der Waals surface area contributed by atoms with Crippen molar-refractivity contribution in [1.82, 2.24) is 19.8 Å². The van der Waals surface area contributed by atoms with Crippen LogP contribution < -0.4 is 5.32 Å². The van der Waals surface area contributed by atoms with Gasteiger partial charge in [-0.15, -0.1) is 0 Å². The van der Waals surface area contributed by atoms with E-state index in [1.807, 2.05) is 18.3 Å². The number of benzene rings is 1. The van der Waals surface area contributed by atoms with Gasteiger partial charge < -0.3 is 10.2 Å². The third-order valence-corrected chi connectivity index (χ3v) is 4.97. The minimum Gasteiger partial charge on any atom is -0.368 e. The van der Waals surface area contributed by atoms with Crippen LogP contribution in [0, 0.1) is 0 Å². The number of likely N-dealkylation sites (N-methyl/N-ethyl adjacent to an activating group) is 1. The Kier molecular flexibility index (Phi) is 6.36. The number of hydrogen-bond acceptors (Lipinski definition) is 5. The normalized spacial score (nSPS) is 17.4. The van der Waals surface area contributed by atoms with E-state index in [0.717, 1.165) is 44.2 Å². The summed E-state index contributed by atoms with van der Waals surface area (Å²) in [5.74, 6) is 1.78. The molecule has 1 atom stereocenters. The van der Waals surface area contributed by atoms with Gasteiger partial charge in [-0.25, -0.2) is 9.97 Å². The van der Waals surface area contributed by atoms with E-state index in [4.69, 9.17) is 0 Å². The quantitative estimate of drug-likeness (QED) is 0.840. The zero-order valence-corrected chi connectivity index (χ0v) is 15.4. The van der Waals surface area contributed by atoms with Gasteiger partial charge in [-0.1, -0.05) is 37.3 Å². The molecule has 2 heterocycles. The smallest absolute Gasteiger partial charge is 0.135 e. The second-order valence-corrected chi connectivity index (χ2v) is 6.72. The first kappa shape index (κ1) is 17.8. The fraction of sp³-hybridized carbons (Fsp3) is 0.500. The summed E-state index contributed by atoms with van der Waals surface area (Å²) in [6, 6.07) is 12.8. The number of hydrogen-bond donors (Lipinski definition) is 1. The van der Waals surface area contributed by atoms with E-state index in [9.17, 15) is 0 Å². The molecule has 25 heavy (non-hydrogen) atoms. The van der Waals surface area contributed by atoms with Gasteiger partial charge in [0.05, 0.1) is 0 Å². The number of piperazine rings is 1. The molecule has 0 bridgehead atoms. The van der Waals surface area contributed by atoms with E-state index < -0.39 is 0 Å². The molecular formula is C20H29N5. The largest absolute Gasteiger partial charge is 0.368 e. The Balaban J connectivity index is 1.50. The van der Waals surface area contributed by atoms with E-state index in [-0.39, 0.29) is 0 Å². The van der Waals surface area contributed by atoms with Crippen molar-refractivity contribution in [2.75, 3.05) is 44.6 Å². The molecular weight excluding hydrogens is 310 g/mol. The molecule has 5 heteroatoms. The van der Waals surface area contributed by atoms with Gasteiger partial charge in [-0.3, -0.25) is 4.90 Å². The van der Waals surface area contributed by atoms with Crippen molar-refractivity contribution >= 4 is 5.82 Å². The lowest BCUT2D eigenvalue weighted by molar-refractivity contribution is 0.110.